The fourth-order valence-corrected chi connectivity index (χ4v) is 3.02. The van der Waals surface area contributed by atoms with Crippen LogP contribution in [0.3, 0.4) is 0 Å². The quantitative estimate of drug-likeness (QED) is 0.537. The van der Waals surface area contributed by atoms with Crippen molar-refractivity contribution < 1.29 is 14.2 Å². The first-order valence-corrected chi connectivity index (χ1v) is 8.26. The molecule has 0 spiro atoms. The van der Waals surface area contributed by atoms with E-state index in [-0.39, 0.29) is 0 Å². The van der Waals surface area contributed by atoms with E-state index in [1.807, 2.05) is 48.5 Å². The molecule has 2 heterocycles. The summed E-state index contributed by atoms with van der Waals surface area (Å²) in [6.45, 7) is 0.348. The first kappa shape index (κ1) is 16.1. The van der Waals surface area contributed by atoms with Crippen molar-refractivity contribution in [2.75, 3.05) is 14.2 Å². The van der Waals surface area contributed by atoms with Crippen molar-refractivity contribution in [2.45, 2.75) is 6.61 Å². The Bertz CT molecular complexity index is 1070. The summed E-state index contributed by atoms with van der Waals surface area (Å²) in [4.78, 5) is 8.86. The van der Waals surface area contributed by atoms with Gasteiger partial charge in [0.2, 0.25) is 0 Å². The number of nitrogens with zero attached hydrogens (tertiary/aromatic N) is 2. The normalized spacial score (nSPS) is 10.8. The zero-order valence-corrected chi connectivity index (χ0v) is 14.6. The molecule has 2 aromatic heterocycles. The summed E-state index contributed by atoms with van der Waals surface area (Å²) in [5.41, 5.74) is 1.74. The van der Waals surface area contributed by atoms with Gasteiger partial charge in [-0.2, -0.15) is 0 Å². The van der Waals surface area contributed by atoms with E-state index in [0.29, 0.717) is 18.1 Å². The van der Waals surface area contributed by atoms with Gasteiger partial charge in [0.05, 0.1) is 25.4 Å². The number of benzene rings is 2. The van der Waals surface area contributed by atoms with E-state index < -0.39 is 0 Å². The lowest BCUT2D eigenvalue weighted by atomic mass is 10.1. The largest absolute Gasteiger partial charge is 0.493 e. The molecule has 4 aromatic rings. The topological polar surface area (TPSA) is 53.5 Å². The van der Waals surface area contributed by atoms with Crippen LogP contribution in [0.1, 0.15) is 5.69 Å². The van der Waals surface area contributed by atoms with Gasteiger partial charge in [-0.3, -0.25) is 9.97 Å². The van der Waals surface area contributed by atoms with Crippen molar-refractivity contribution in [1.29, 1.82) is 0 Å². The molecule has 0 N–H and O–H groups in total. The summed E-state index contributed by atoms with van der Waals surface area (Å²) in [6, 6.07) is 15.6. The second-order valence-corrected chi connectivity index (χ2v) is 5.80. The fourth-order valence-electron chi connectivity index (χ4n) is 3.02. The summed E-state index contributed by atoms with van der Waals surface area (Å²) in [5.74, 6) is 2.15. The van der Waals surface area contributed by atoms with Crippen LogP contribution in [0.15, 0.2) is 60.9 Å². The number of fused-ring (bicyclic) bond motifs is 2. The van der Waals surface area contributed by atoms with Crippen molar-refractivity contribution in [3.05, 3.63) is 66.6 Å². The molecule has 0 atom stereocenters. The predicted octanol–water partition coefficient (Wildman–Crippen LogP) is 4.38. The smallest absolute Gasteiger partial charge is 0.161 e. The molecule has 0 amide bonds. The Balaban J connectivity index is 1.71. The third-order valence-corrected chi connectivity index (χ3v) is 4.32. The molecule has 0 aliphatic carbocycles. The van der Waals surface area contributed by atoms with Gasteiger partial charge < -0.3 is 14.2 Å². The molecule has 0 saturated carbocycles. The Morgan fingerprint density at radius 1 is 0.769 bits per heavy atom. The Labute approximate surface area is 151 Å². The van der Waals surface area contributed by atoms with Gasteiger partial charge >= 0.3 is 0 Å². The molecule has 0 radical (unpaired) electrons. The summed E-state index contributed by atoms with van der Waals surface area (Å²) >= 11 is 0. The maximum absolute atomic E-state index is 6.07. The molecule has 0 fully saturated rings. The Kier molecular flexibility index (Phi) is 4.27. The van der Waals surface area contributed by atoms with E-state index in [0.717, 1.165) is 33.1 Å². The molecule has 26 heavy (non-hydrogen) atoms. The summed E-state index contributed by atoms with van der Waals surface area (Å²) in [6.07, 6.45) is 3.55. The second kappa shape index (κ2) is 6.88. The lowest BCUT2D eigenvalue weighted by Gasteiger charge is -2.13. The molecule has 130 valence electrons. The molecule has 2 aromatic carbocycles. The van der Waals surface area contributed by atoms with E-state index in [1.54, 1.807) is 26.6 Å². The van der Waals surface area contributed by atoms with Crippen molar-refractivity contribution in [3.63, 3.8) is 0 Å². The number of pyridine rings is 2. The Morgan fingerprint density at radius 3 is 2.46 bits per heavy atom. The van der Waals surface area contributed by atoms with E-state index in [9.17, 15) is 0 Å². The minimum absolute atomic E-state index is 0.348. The highest BCUT2D eigenvalue weighted by atomic mass is 16.5. The molecular formula is C21H18N2O3. The van der Waals surface area contributed by atoms with Crippen molar-refractivity contribution in [1.82, 2.24) is 9.97 Å². The average molecular weight is 346 g/mol. The number of methoxy groups -OCH3 is 2. The number of hydrogen-bond acceptors (Lipinski definition) is 5. The van der Waals surface area contributed by atoms with Gasteiger partial charge in [0.15, 0.2) is 11.5 Å². The number of rotatable bonds is 5. The monoisotopic (exact) mass is 346 g/mol. The molecule has 0 aliphatic rings. The molecule has 0 unspecified atom stereocenters. The molecule has 0 saturated heterocycles. The SMILES string of the molecule is COc1cc2ccnc(COc3cccc4ncccc34)c2cc1OC. The number of aromatic nitrogens is 2. The minimum atomic E-state index is 0.348. The van der Waals surface area contributed by atoms with E-state index in [2.05, 4.69) is 9.97 Å². The van der Waals surface area contributed by atoms with Crippen LogP contribution in [0, 0.1) is 0 Å². The van der Waals surface area contributed by atoms with Crippen LogP contribution in [-0.2, 0) is 6.61 Å². The summed E-state index contributed by atoms with van der Waals surface area (Å²) < 4.78 is 16.9. The van der Waals surface area contributed by atoms with E-state index in [4.69, 9.17) is 14.2 Å². The van der Waals surface area contributed by atoms with Crippen LogP contribution < -0.4 is 14.2 Å². The standard InChI is InChI=1S/C21H18N2O3/c1-24-20-11-14-8-10-23-18(16(14)12-21(20)25-2)13-26-19-7-3-6-17-15(19)5-4-9-22-17/h3-12H,13H2,1-2H3. The summed E-state index contributed by atoms with van der Waals surface area (Å²) in [7, 11) is 3.25. The van der Waals surface area contributed by atoms with E-state index in [1.165, 1.54) is 0 Å². The molecule has 0 bridgehead atoms. The number of hydrogen-bond donors (Lipinski definition) is 0. The lowest BCUT2D eigenvalue weighted by molar-refractivity contribution is 0.306. The zero-order chi connectivity index (χ0) is 17.9. The molecule has 0 aliphatic heterocycles. The first-order chi connectivity index (χ1) is 12.8. The molecule has 5 nitrogen and oxygen atoms in total. The van der Waals surface area contributed by atoms with Gasteiger partial charge in [0.1, 0.15) is 12.4 Å². The highest BCUT2D eigenvalue weighted by molar-refractivity contribution is 5.88. The van der Waals surface area contributed by atoms with Gasteiger partial charge in [-0.1, -0.05) is 6.07 Å². The summed E-state index contributed by atoms with van der Waals surface area (Å²) in [5, 5.41) is 2.98. The van der Waals surface area contributed by atoms with Crippen molar-refractivity contribution >= 4 is 21.7 Å². The van der Waals surface area contributed by atoms with Gasteiger partial charge in [-0.05, 0) is 47.9 Å². The Hall–Kier alpha value is -3.34. The molecule has 4 rings (SSSR count). The average Bonchev–Trinajstić information content (AvgIpc) is 2.71. The van der Waals surface area contributed by atoms with Gasteiger partial charge in [0.25, 0.3) is 0 Å². The number of ether oxygens (including phenoxy) is 3. The molecule has 5 heteroatoms. The van der Waals surface area contributed by atoms with Crippen molar-refractivity contribution in [2.24, 2.45) is 0 Å². The van der Waals surface area contributed by atoms with Crippen LogP contribution in [0.5, 0.6) is 17.2 Å². The second-order valence-electron chi connectivity index (χ2n) is 5.80. The van der Waals surface area contributed by atoms with Crippen LogP contribution in [0.25, 0.3) is 21.7 Å². The van der Waals surface area contributed by atoms with Crippen LogP contribution in [0.2, 0.25) is 0 Å². The maximum atomic E-state index is 6.07. The lowest BCUT2D eigenvalue weighted by Crippen LogP contribution is -2.00. The van der Waals surface area contributed by atoms with Crippen LogP contribution in [-0.4, -0.2) is 24.2 Å². The van der Waals surface area contributed by atoms with Crippen LogP contribution in [0.4, 0.5) is 0 Å². The first-order valence-electron chi connectivity index (χ1n) is 8.26. The third kappa shape index (κ3) is 2.88. The zero-order valence-electron chi connectivity index (χ0n) is 14.6. The highest BCUT2D eigenvalue weighted by Crippen LogP contribution is 2.33. The Morgan fingerprint density at radius 2 is 1.62 bits per heavy atom. The van der Waals surface area contributed by atoms with Gasteiger partial charge in [0, 0.05) is 23.2 Å². The van der Waals surface area contributed by atoms with Crippen molar-refractivity contribution in [3.8, 4) is 17.2 Å². The fraction of sp³-hybridized carbons (Fsp3) is 0.143. The van der Waals surface area contributed by atoms with Crippen LogP contribution >= 0.6 is 0 Å². The van der Waals surface area contributed by atoms with Gasteiger partial charge in [-0.15, -0.1) is 0 Å². The van der Waals surface area contributed by atoms with Gasteiger partial charge in [-0.25, -0.2) is 0 Å². The minimum Gasteiger partial charge on any atom is -0.493 e. The molecular weight excluding hydrogens is 328 g/mol. The maximum Gasteiger partial charge on any atom is 0.161 e. The predicted molar refractivity (Wildman–Crippen MR) is 101 cm³/mol. The third-order valence-electron chi connectivity index (χ3n) is 4.32. The highest BCUT2D eigenvalue weighted by Gasteiger charge is 2.11. The van der Waals surface area contributed by atoms with E-state index >= 15 is 0 Å².